The Hall–Kier alpha value is -6.55. The summed E-state index contributed by atoms with van der Waals surface area (Å²) in [5.41, 5.74) is 6.17. The summed E-state index contributed by atoms with van der Waals surface area (Å²) in [5, 5.41) is 8.96. The minimum Gasteiger partial charge on any atom is -0.331 e. The van der Waals surface area contributed by atoms with Crippen LogP contribution in [0.25, 0.3) is 0 Å². The Bertz CT molecular complexity index is 2100. The van der Waals surface area contributed by atoms with Crippen LogP contribution in [0.4, 0.5) is 17.2 Å². The molecule has 13 nitrogen and oxygen atoms in total. The van der Waals surface area contributed by atoms with Crippen LogP contribution in [0, 0.1) is 32.1 Å². The number of nitrogens with one attached hydrogen (secondary N) is 1. The van der Waals surface area contributed by atoms with Gasteiger partial charge in [-0.3, -0.25) is 24.1 Å². The Morgan fingerprint density at radius 2 is 1.41 bits per heavy atom. The van der Waals surface area contributed by atoms with E-state index in [-0.39, 0.29) is 0 Å². The first-order valence-electron chi connectivity index (χ1n) is 16.5. The number of H-pyrrole nitrogens is 1. The maximum atomic E-state index is 12.7. The second-order valence-electron chi connectivity index (χ2n) is 12.3. The number of nitriles is 1. The van der Waals surface area contributed by atoms with Crippen LogP contribution >= 0.6 is 0 Å². The number of rotatable bonds is 7. The number of benzene rings is 3. The lowest BCUT2D eigenvalue weighted by atomic mass is 10.1. The van der Waals surface area contributed by atoms with E-state index >= 15 is 0 Å². The highest BCUT2D eigenvalue weighted by Crippen LogP contribution is 2.26. The summed E-state index contributed by atoms with van der Waals surface area (Å²) >= 11 is 0. The molecule has 258 valence electrons. The molecule has 0 unspecified atom stereocenters. The molecule has 0 saturated carbocycles. The van der Waals surface area contributed by atoms with Crippen molar-refractivity contribution in [2.24, 2.45) is 0 Å². The van der Waals surface area contributed by atoms with E-state index in [4.69, 9.17) is 5.26 Å². The molecule has 51 heavy (non-hydrogen) atoms. The zero-order valence-electron chi connectivity index (χ0n) is 28.6. The predicted molar refractivity (Wildman–Crippen MR) is 191 cm³/mol. The lowest BCUT2D eigenvalue weighted by molar-refractivity contribution is -0.146. The number of amides is 4. The monoisotopic (exact) mass is 683 g/mol. The molecule has 0 bridgehead atoms. The van der Waals surface area contributed by atoms with Crippen LogP contribution in [-0.2, 0) is 32.3 Å². The molecule has 13 heteroatoms. The van der Waals surface area contributed by atoms with Crippen LogP contribution < -0.4 is 14.7 Å². The maximum Gasteiger partial charge on any atom is 0.318 e. The van der Waals surface area contributed by atoms with Crippen molar-refractivity contribution in [1.82, 2.24) is 24.4 Å². The minimum atomic E-state index is -0.536. The van der Waals surface area contributed by atoms with Gasteiger partial charge >= 0.3 is 23.6 Å². The number of imidazole rings is 2. The van der Waals surface area contributed by atoms with E-state index in [1.165, 1.54) is 16.1 Å². The van der Waals surface area contributed by atoms with Crippen molar-refractivity contribution in [1.29, 1.82) is 5.26 Å². The standard InChI is InChI=1S/C23H21N5O2.C15H16N4O2/c1-17-25-14-21(28(17)15-19-9-7-18(13-24)8-10-19)16-26-11-12-27(23(30)22(26)29)20-5-3-2-4-6-20;1-10-4-3-5-12(11(10)2)18-6-7-19(15(21)14(18)20)13-8-16-9-17-13/h2-10,14H,11-12,15-16H2,1H3;3-5,8-9H,6-7H2,1-2H3,(H,16,17). The third-order valence-corrected chi connectivity index (χ3v) is 9.15. The highest BCUT2D eigenvalue weighted by atomic mass is 16.2. The summed E-state index contributed by atoms with van der Waals surface area (Å²) < 4.78 is 2.03. The molecular formula is C38H37N9O4. The molecular weight excluding hydrogens is 646 g/mol. The van der Waals surface area contributed by atoms with Gasteiger partial charge in [0.25, 0.3) is 0 Å². The summed E-state index contributed by atoms with van der Waals surface area (Å²) in [7, 11) is 0. The molecule has 2 saturated heterocycles. The zero-order chi connectivity index (χ0) is 36.1. The lowest BCUT2D eigenvalue weighted by Gasteiger charge is -2.33. The van der Waals surface area contributed by atoms with Crippen LogP contribution in [0.1, 0.15) is 33.8 Å². The van der Waals surface area contributed by atoms with Gasteiger partial charge < -0.3 is 24.3 Å². The fraction of sp³-hybridized carbons (Fsp3) is 0.237. The number of hydrogen-bond acceptors (Lipinski definition) is 7. The van der Waals surface area contributed by atoms with Gasteiger partial charge in [-0.05, 0) is 67.8 Å². The van der Waals surface area contributed by atoms with E-state index in [0.717, 1.165) is 39.6 Å². The second kappa shape index (κ2) is 14.9. The highest BCUT2D eigenvalue weighted by Gasteiger charge is 2.36. The molecule has 2 fully saturated rings. The fourth-order valence-electron chi connectivity index (χ4n) is 6.12. The van der Waals surface area contributed by atoms with E-state index in [1.54, 1.807) is 34.3 Å². The molecule has 0 spiro atoms. The van der Waals surface area contributed by atoms with Gasteiger partial charge in [0.05, 0.1) is 42.6 Å². The average molecular weight is 684 g/mol. The number of nitrogens with zero attached hydrogens (tertiary/aromatic N) is 8. The number of piperazine rings is 2. The molecule has 1 N–H and O–H groups in total. The topological polar surface area (TPSA) is 152 Å². The van der Waals surface area contributed by atoms with Gasteiger partial charge in [-0.2, -0.15) is 5.26 Å². The predicted octanol–water partition coefficient (Wildman–Crippen LogP) is 3.89. The van der Waals surface area contributed by atoms with Crippen molar-refractivity contribution < 1.29 is 19.2 Å². The molecule has 3 aromatic carbocycles. The highest BCUT2D eigenvalue weighted by molar-refractivity contribution is 6.45. The van der Waals surface area contributed by atoms with Crippen molar-refractivity contribution >= 4 is 40.8 Å². The fourth-order valence-corrected chi connectivity index (χ4v) is 6.12. The van der Waals surface area contributed by atoms with E-state index in [2.05, 4.69) is 21.0 Å². The number of carbonyl (C=O) groups is 4. The first-order chi connectivity index (χ1) is 24.7. The Kier molecular flexibility index (Phi) is 10.0. The number of para-hydroxylation sites is 1. The Morgan fingerprint density at radius 3 is 2.12 bits per heavy atom. The van der Waals surface area contributed by atoms with Gasteiger partial charge in [0.2, 0.25) is 0 Å². The van der Waals surface area contributed by atoms with E-state index in [1.807, 2.05) is 86.0 Å². The largest absolute Gasteiger partial charge is 0.331 e. The molecule has 0 atom stereocenters. The Morgan fingerprint density at radius 1 is 0.725 bits per heavy atom. The number of aromatic nitrogens is 4. The molecule has 0 radical (unpaired) electrons. The first-order valence-corrected chi connectivity index (χ1v) is 16.5. The van der Waals surface area contributed by atoms with Crippen molar-refractivity contribution in [3.05, 3.63) is 125 Å². The third kappa shape index (κ3) is 7.25. The summed E-state index contributed by atoms with van der Waals surface area (Å²) in [6, 6.07) is 24.5. The molecule has 7 rings (SSSR count). The lowest BCUT2D eigenvalue weighted by Crippen LogP contribution is -2.55. The number of anilines is 3. The zero-order valence-corrected chi connectivity index (χ0v) is 28.6. The van der Waals surface area contributed by atoms with E-state index in [9.17, 15) is 19.2 Å². The van der Waals surface area contributed by atoms with E-state index in [0.29, 0.717) is 50.6 Å². The van der Waals surface area contributed by atoms with Crippen molar-refractivity contribution in [3.63, 3.8) is 0 Å². The van der Waals surface area contributed by atoms with Gasteiger partial charge in [0.1, 0.15) is 11.6 Å². The number of carbonyl (C=O) groups excluding carboxylic acids is 4. The quantitative estimate of drug-likeness (QED) is 0.256. The SMILES string of the molecule is Cc1cccc(N2CCN(c3cnc[nH]3)C(=O)C2=O)c1C.Cc1ncc(CN2CCN(c3ccccc3)C(=O)C2=O)n1Cc1ccc(C#N)cc1. The minimum absolute atomic E-state index is 0.324. The summed E-state index contributed by atoms with van der Waals surface area (Å²) in [4.78, 5) is 67.3. The van der Waals surface area contributed by atoms with Gasteiger partial charge in [-0.1, -0.05) is 42.5 Å². The van der Waals surface area contributed by atoms with Crippen molar-refractivity contribution in [3.8, 4) is 6.07 Å². The second-order valence-corrected chi connectivity index (χ2v) is 12.3. The van der Waals surface area contributed by atoms with Crippen LogP contribution in [0.3, 0.4) is 0 Å². The Balaban J connectivity index is 0.000000187. The van der Waals surface area contributed by atoms with Gasteiger partial charge in [-0.15, -0.1) is 0 Å². The molecule has 2 aromatic heterocycles. The summed E-state index contributed by atoms with van der Waals surface area (Å²) in [6.07, 6.45) is 4.78. The van der Waals surface area contributed by atoms with Crippen molar-refractivity contribution in [2.45, 2.75) is 33.9 Å². The summed E-state index contributed by atoms with van der Waals surface area (Å²) in [6.45, 7) is 8.60. The smallest absolute Gasteiger partial charge is 0.318 e. The maximum absolute atomic E-state index is 12.7. The van der Waals surface area contributed by atoms with Crippen molar-refractivity contribution in [2.75, 3.05) is 40.9 Å². The number of aryl methyl sites for hydroxylation is 2. The Labute approximate surface area is 295 Å². The van der Waals surface area contributed by atoms with E-state index < -0.39 is 23.6 Å². The van der Waals surface area contributed by atoms with Crippen LogP contribution in [-0.4, -0.2) is 74.2 Å². The van der Waals surface area contributed by atoms with Crippen LogP contribution in [0.5, 0.6) is 0 Å². The molecule has 4 heterocycles. The molecule has 5 aromatic rings. The average Bonchev–Trinajstić information content (AvgIpc) is 3.81. The first kappa shape index (κ1) is 34.3. The normalized spacial score (nSPS) is 14.8. The van der Waals surface area contributed by atoms with Gasteiger partial charge in [0.15, 0.2) is 0 Å². The van der Waals surface area contributed by atoms with Gasteiger partial charge in [0, 0.05) is 44.1 Å². The van der Waals surface area contributed by atoms with Crippen LogP contribution in [0.2, 0.25) is 0 Å². The third-order valence-electron chi connectivity index (χ3n) is 9.15. The van der Waals surface area contributed by atoms with Crippen LogP contribution in [0.15, 0.2) is 91.5 Å². The van der Waals surface area contributed by atoms with Gasteiger partial charge in [-0.25, -0.2) is 9.97 Å². The number of hydrogen-bond donors (Lipinski definition) is 1. The molecule has 4 amide bonds. The molecule has 0 aliphatic carbocycles. The molecule has 2 aliphatic heterocycles. The summed E-state index contributed by atoms with van der Waals surface area (Å²) in [5.74, 6) is -0.683. The number of aromatic amines is 1. The molecule has 2 aliphatic rings.